The first kappa shape index (κ1) is 17.3. The molecule has 132 valence electrons. The van der Waals surface area contributed by atoms with Crippen LogP contribution >= 0.6 is 0 Å². The molecular weight excluding hydrogens is 341 g/mol. The normalized spacial score (nSPS) is 10.4. The van der Waals surface area contributed by atoms with Crippen molar-refractivity contribution in [3.05, 3.63) is 65.8 Å². The number of esters is 1. The molecule has 1 heterocycles. The van der Waals surface area contributed by atoms with E-state index in [1.165, 1.54) is 43.3 Å². The number of ether oxygens (including phenoxy) is 1. The van der Waals surface area contributed by atoms with Gasteiger partial charge in [0, 0.05) is 18.2 Å². The molecule has 0 aliphatic carbocycles. The number of amides is 1. The van der Waals surface area contributed by atoms with Gasteiger partial charge in [0.25, 0.3) is 5.89 Å². The van der Waals surface area contributed by atoms with Crippen molar-refractivity contribution >= 4 is 17.6 Å². The van der Waals surface area contributed by atoms with Crippen LogP contribution in [0.1, 0.15) is 23.2 Å². The number of aromatic nitrogens is 2. The van der Waals surface area contributed by atoms with E-state index in [2.05, 4.69) is 15.5 Å². The van der Waals surface area contributed by atoms with E-state index in [4.69, 9.17) is 9.26 Å². The van der Waals surface area contributed by atoms with Gasteiger partial charge in [-0.05, 0) is 48.5 Å². The molecule has 2 aromatic carbocycles. The van der Waals surface area contributed by atoms with Crippen LogP contribution in [0.5, 0.6) is 0 Å². The maximum absolute atomic E-state index is 12.9. The third-order valence-electron chi connectivity index (χ3n) is 3.34. The number of rotatable bonds is 5. The summed E-state index contributed by atoms with van der Waals surface area (Å²) < 4.78 is 23.1. The molecule has 26 heavy (non-hydrogen) atoms. The average molecular weight is 355 g/mol. The lowest BCUT2D eigenvalue weighted by molar-refractivity contribution is -0.114. The Morgan fingerprint density at radius 3 is 2.46 bits per heavy atom. The fourth-order valence-electron chi connectivity index (χ4n) is 2.13. The summed E-state index contributed by atoms with van der Waals surface area (Å²) in [6.45, 7) is 1.20. The largest absolute Gasteiger partial charge is 0.452 e. The van der Waals surface area contributed by atoms with Crippen LogP contribution in [0.15, 0.2) is 53.1 Å². The minimum absolute atomic E-state index is 0.118. The Labute approximate surface area is 147 Å². The molecule has 0 atom stereocenters. The predicted molar refractivity (Wildman–Crippen MR) is 89.6 cm³/mol. The monoisotopic (exact) mass is 355 g/mol. The third kappa shape index (κ3) is 4.29. The van der Waals surface area contributed by atoms with Gasteiger partial charge in [-0.25, -0.2) is 9.18 Å². The molecule has 0 saturated heterocycles. The van der Waals surface area contributed by atoms with Crippen LogP contribution in [-0.2, 0) is 16.1 Å². The second kappa shape index (κ2) is 7.56. The van der Waals surface area contributed by atoms with Gasteiger partial charge in [-0.1, -0.05) is 5.16 Å². The number of nitrogens with zero attached hydrogens (tertiary/aromatic N) is 2. The highest BCUT2D eigenvalue weighted by Crippen LogP contribution is 2.17. The Bertz CT molecular complexity index is 920. The van der Waals surface area contributed by atoms with E-state index in [0.717, 1.165) is 0 Å². The molecule has 1 amide bonds. The van der Waals surface area contributed by atoms with Gasteiger partial charge in [0.2, 0.25) is 11.7 Å². The summed E-state index contributed by atoms with van der Waals surface area (Å²) in [6, 6.07) is 11.9. The SMILES string of the molecule is CC(=O)Nc1ccc(C(=O)OCc2nc(-c3ccc(F)cc3)no2)cc1. The van der Waals surface area contributed by atoms with E-state index < -0.39 is 5.97 Å². The van der Waals surface area contributed by atoms with Crippen molar-refractivity contribution in [3.8, 4) is 11.4 Å². The molecule has 0 spiro atoms. The Balaban J connectivity index is 1.59. The molecule has 0 bridgehead atoms. The summed E-state index contributed by atoms with van der Waals surface area (Å²) in [6.07, 6.45) is 0. The van der Waals surface area contributed by atoms with E-state index >= 15 is 0 Å². The first-order chi connectivity index (χ1) is 12.5. The first-order valence-electron chi connectivity index (χ1n) is 7.64. The number of anilines is 1. The van der Waals surface area contributed by atoms with Gasteiger partial charge in [-0.15, -0.1) is 0 Å². The van der Waals surface area contributed by atoms with Crippen molar-refractivity contribution in [2.45, 2.75) is 13.5 Å². The molecule has 7 nitrogen and oxygen atoms in total. The number of hydrogen-bond acceptors (Lipinski definition) is 6. The number of carbonyl (C=O) groups is 2. The molecule has 0 saturated carbocycles. The fourth-order valence-corrected chi connectivity index (χ4v) is 2.13. The van der Waals surface area contributed by atoms with Gasteiger partial charge in [0.1, 0.15) is 5.82 Å². The molecule has 1 N–H and O–H groups in total. The Morgan fingerprint density at radius 2 is 1.81 bits per heavy atom. The van der Waals surface area contributed by atoms with Crippen LogP contribution in [0.4, 0.5) is 10.1 Å². The highest BCUT2D eigenvalue weighted by molar-refractivity contribution is 5.92. The summed E-state index contributed by atoms with van der Waals surface area (Å²) in [5, 5.41) is 6.37. The van der Waals surface area contributed by atoms with Crippen LogP contribution in [0, 0.1) is 5.82 Å². The molecule has 1 aromatic heterocycles. The summed E-state index contributed by atoms with van der Waals surface area (Å²) in [5.41, 5.74) is 1.48. The molecule has 0 aliphatic heterocycles. The smallest absolute Gasteiger partial charge is 0.338 e. The van der Waals surface area contributed by atoms with Crippen molar-refractivity contribution in [3.63, 3.8) is 0 Å². The highest BCUT2D eigenvalue weighted by Gasteiger charge is 2.13. The summed E-state index contributed by atoms with van der Waals surface area (Å²) in [7, 11) is 0. The van der Waals surface area contributed by atoms with Gasteiger partial charge < -0.3 is 14.6 Å². The number of benzene rings is 2. The quantitative estimate of drug-likeness (QED) is 0.706. The zero-order valence-corrected chi connectivity index (χ0v) is 13.7. The minimum atomic E-state index is -0.569. The number of carbonyl (C=O) groups excluding carboxylic acids is 2. The molecular formula is C18H14FN3O4. The predicted octanol–water partition coefficient (Wildman–Crippen LogP) is 3.19. The van der Waals surface area contributed by atoms with Gasteiger partial charge in [-0.2, -0.15) is 4.98 Å². The third-order valence-corrected chi connectivity index (χ3v) is 3.34. The Kier molecular flexibility index (Phi) is 5.02. The summed E-state index contributed by atoms with van der Waals surface area (Å²) in [5.74, 6) is -0.742. The topological polar surface area (TPSA) is 94.3 Å². The molecule has 0 fully saturated rings. The molecule has 3 rings (SSSR count). The van der Waals surface area contributed by atoms with Crippen LogP contribution < -0.4 is 5.32 Å². The first-order valence-corrected chi connectivity index (χ1v) is 7.64. The summed E-state index contributed by atoms with van der Waals surface area (Å²) >= 11 is 0. The standard InChI is InChI=1S/C18H14FN3O4/c1-11(23)20-15-8-4-13(5-9-15)18(24)25-10-16-21-17(22-26-16)12-2-6-14(19)7-3-12/h2-9H,10H2,1H3,(H,20,23). The van der Waals surface area contributed by atoms with E-state index in [1.54, 1.807) is 12.1 Å². The number of nitrogens with one attached hydrogen (secondary N) is 1. The zero-order valence-electron chi connectivity index (χ0n) is 13.7. The lowest BCUT2D eigenvalue weighted by Crippen LogP contribution is -2.08. The van der Waals surface area contributed by atoms with E-state index in [1.807, 2.05) is 0 Å². The fraction of sp³-hybridized carbons (Fsp3) is 0.111. The van der Waals surface area contributed by atoms with Crippen molar-refractivity contribution < 1.29 is 23.2 Å². The van der Waals surface area contributed by atoms with Crippen LogP contribution in [0.25, 0.3) is 11.4 Å². The maximum Gasteiger partial charge on any atom is 0.338 e. The number of halogens is 1. The van der Waals surface area contributed by atoms with Crippen LogP contribution in [0.3, 0.4) is 0 Å². The molecule has 3 aromatic rings. The van der Waals surface area contributed by atoms with Crippen molar-refractivity contribution in [2.24, 2.45) is 0 Å². The van der Waals surface area contributed by atoms with Crippen molar-refractivity contribution in [1.29, 1.82) is 0 Å². The molecule has 0 unspecified atom stereocenters. The molecule has 0 radical (unpaired) electrons. The lowest BCUT2D eigenvalue weighted by atomic mass is 10.2. The molecule has 0 aliphatic rings. The van der Waals surface area contributed by atoms with Crippen molar-refractivity contribution in [2.75, 3.05) is 5.32 Å². The van der Waals surface area contributed by atoms with Gasteiger partial charge in [0.15, 0.2) is 6.61 Å². The Morgan fingerprint density at radius 1 is 1.12 bits per heavy atom. The van der Waals surface area contributed by atoms with Crippen LogP contribution in [-0.4, -0.2) is 22.0 Å². The zero-order chi connectivity index (χ0) is 18.5. The van der Waals surface area contributed by atoms with E-state index in [-0.39, 0.29) is 30.0 Å². The highest BCUT2D eigenvalue weighted by atomic mass is 19.1. The maximum atomic E-state index is 12.9. The average Bonchev–Trinajstić information content (AvgIpc) is 3.09. The van der Waals surface area contributed by atoms with Gasteiger partial charge >= 0.3 is 5.97 Å². The minimum Gasteiger partial charge on any atom is -0.452 e. The van der Waals surface area contributed by atoms with Gasteiger partial charge in [0.05, 0.1) is 5.56 Å². The van der Waals surface area contributed by atoms with Gasteiger partial charge in [-0.3, -0.25) is 4.79 Å². The van der Waals surface area contributed by atoms with E-state index in [9.17, 15) is 14.0 Å². The van der Waals surface area contributed by atoms with Crippen molar-refractivity contribution in [1.82, 2.24) is 10.1 Å². The van der Waals surface area contributed by atoms with E-state index in [0.29, 0.717) is 16.8 Å². The van der Waals surface area contributed by atoms with Crippen LogP contribution in [0.2, 0.25) is 0 Å². The molecule has 8 heteroatoms. The number of hydrogen-bond donors (Lipinski definition) is 1. The second-order valence-corrected chi connectivity index (χ2v) is 5.35. The second-order valence-electron chi connectivity index (χ2n) is 5.35. The Hall–Kier alpha value is -3.55. The summed E-state index contributed by atoms with van der Waals surface area (Å²) in [4.78, 5) is 27.1. The lowest BCUT2D eigenvalue weighted by Gasteiger charge is -2.04.